The number of esters is 1. The average molecular weight is 728 g/mol. The third kappa shape index (κ3) is 14.6. The Morgan fingerprint density at radius 1 is 1.41 bits per heavy atom. The van der Waals surface area contributed by atoms with E-state index in [1.807, 2.05) is 0 Å². The van der Waals surface area contributed by atoms with Crippen molar-refractivity contribution in [1.82, 2.24) is 10.6 Å². The van der Waals surface area contributed by atoms with E-state index in [0.717, 1.165) is 0 Å². The van der Waals surface area contributed by atoms with E-state index in [-0.39, 0.29) is 53.8 Å². The summed E-state index contributed by atoms with van der Waals surface area (Å²) in [5.41, 5.74) is 9.83. The van der Waals surface area contributed by atoms with Crippen molar-refractivity contribution in [3.8, 4) is 0 Å². The molecule has 0 saturated carbocycles. The predicted molar refractivity (Wildman–Crippen MR) is 110 cm³/mol. The molecular formula is C12H22BI3N3O8-. The van der Waals surface area contributed by atoms with Crippen molar-refractivity contribution < 1.29 is 56.2 Å². The third-order valence-electron chi connectivity index (χ3n) is 3.05. The monoisotopic (exact) mass is 728 g/mol. The fraction of sp³-hybridized carbons (Fsp3) is 0.667. The zero-order valence-electron chi connectivity index (χ0n) is 14.4. The van der Waals surface area contributed by atoms with E-state index in [0.29, 0.717) is 0 Å². The summed E-state index contributed by atoms with van der Waals surface area (Å²) in [6.45, 7) is 0. The number of primary amides is 1. The van der Waals surface area contributed by atoms with Gasteiger partial charge in [0.1, 0.15) is 6.04 Å². The second-order valence-electron chi connectivity index (χ2n) is 4.76. The molecule has 15 heteroatoms. The number of aliphatic carboxylic acids is 2. The fourth-order valence-electron chi connectivity index (χ4n) is 1.67. The molecule has 0 aliphatic carbocycles. The molecule has 1 aliphatic heterocycles. The second-order valence-corrected chi connectivity index (χ2v) is 8.39. The van der Waals surface area contributed by atoms with Gasteiger partial charge in [0, 0.05) is 12.8 Å². The molecular weight excluding hydrogens is 706 g/mol. The van der Waals surface area contributed by atoms with Crippen LogP contribution < -0.4 is 33.4 Å². The number of rotatable bonds is 7. The Kier molecular flexibility index (Phi) is 21.2. The van der Waals surface area contributed by atoms with Gasteiger partial charge in [-0.2, -0.15) is 0 Å². The molecule has 1 heterocycles. The van der Waals surface area contributed by atoms with Crippen molar-refractivity contribution >= 4 is 72.1 Å². The van der Waals surface area contributed by atoms with Gasteiger partial charge in [-0.1, -0.05) is 0 Å². The van der Waals surface area contributed by atoms with Gasteiger partial charge in [0.15, 0.2) is 6.10 Å². The van der Waals surface area contributed by atoms with Gasteiger partial charge < -0.3 is 36.4 Å². The van der Waals surface area contributed by atoms with Gasteiger partial charge in [0.25, 0.3) is 0 Å². The predicted octanol–water partition coefficient (Wildman–Crippen LogP) is -5.00. The van der Waals surface area contributed by atoms with Crippen molar-refractivity contribution in [2.75, 3.05) is 14.1 Å². The van der Waals surface area contributed by atoms with Crippen molar-refractivity contribution in [2.45, 2.75) is 37.1 Å². The molecule has 1 amide bonds. The number of ether oxygens (including phenoxy) is 1. The summed E-state index contributed by atoms with van der Waals surface area (Å²) in [6, 6.07) is -1.27. The Morgan fingerprint density at radius 3 is 2.11 bits per heavy atom. The molecule has 27 heavy (non-hydrogen) atoms. The fourth-order valence-corrected chi connectivity index (χ4v) is 1.67. The van der Waals surface area contributed by atoms with E-state index in [9.17, 15) is 19.2 Å². The van der Waals surface area contributed by atoms with E-state index >= 15 is 0 Å². The molecule has 1 saturated heterocycles. The number of nitrogens with two attached hydrogens (primary N) is 1. The summed E-state index contributed by atoms with van der Waals surface area (Å²) >= 11 is 2.24. The molecule has 0 bridgehead atoms. The first kappa shape index (κ1) is 31.7. The number of hydrogen-bond donors (Lipinski definition) is 6. The van der Waals surface area contributed by atoms with Crippen molar-refractivity contribution in [1.29, 1.82) is 0 Å². The molecule has 4 atom stereocenters. The van der Waals surface area contributed by atoms with Gasteiger partial charge in [-0.3, -0.25) is 9.59 Å². The van der Waals surface area contributed by atoms with Crippen LogP contribution in [0.1, 0.15) is 12.8 Å². The number of carbonyl (C=O) groups excluding carboxylic acids is 2. The van der Waals surface area contributed by atoms with E-state index in [2.05, 4.69) is 34.0 Å². The van der Waals surface area contributed by atoms with E-state index in [4.69, 9.17) is 26.8 Å². The van der Waals surface area contributed by atoms with E-state index in [1.54, 1.807) is 7.05 Å². The summed E-state index contributed by atoms with van der Waals surface area (Å²) in [4.78, 5) is 41.8. The normalized spacial score (nSPS) is 19.8. The number of hydrogen-bond acceptors (Lipinski definition) is 8. The number of aliphatic hydroxyl groups excluding tert-OH is 1. The molecule has 7 N–H and O–H groups in total. The topological polar surface area (TPSA) is 188 Å². The molecule has 4 unspecified atom stereocenters. The first-order chi connectivity index (χ1) is 12.0. The molecule has 0 aromatic rings. The van der Waals surface area contributed by atoms with Gasteiger partial charge in [-0.25, -0.2) is 9.59 Å². The van der Waals surface area contributed by atoms with Crippen molar-refractivity contribution in [3.63, 3.8) is 0 Å². The zero-order valence-corrected chi connectivity index (χ0v) is 21.1. The van der Waals surface area contributed by atoms with Crippen LogP contribution in [-0.2, 0) is 23.9 Å². The summed E-state index contributed by atoms with van der Waals surface area (Å²) in [5.74, 6) is -3.62. The maximum atomic E-state index is 10.8. The molecule has 0 spiro atoms. The quantitative estimate of drug-likeness (QED) is 0.0843. The Morgan fingerprint density at radius 2 is 1.89 bits per heavy atom. The van der Waals surface area contributed by atoms with E-state index < -0.39 is 48.1 Å². The first-order valence-electron chi connectivity index (χ1n) is 6.98. The van der Waals surface area contributed by atoms with Gasteiger partial charge in [0.2, 0.25) is 12.0 Å². The van der Waals surface area contributed by atoms with Crippen LogP contribution >= 0.6 is 42.6 Å². The van der Waals surface area contributed by atoms with E-state index in [1.165, 1.54) is 7.05 Å². The maximum absolute atomic E-state index is 10.8. The van der Waals surface area contributed by atoms with Crippen LogP contribution in [0.15, 0.2) is 0 Å². The van der Waals surface area contributed by atoms with Crippen LogP contribution in [0.4, 0.5) is 0 Å². The van der Waals surface area contributed by atoms with Crippen molar-refractivity contribution in [3.05, 3.63) is 0 Å². The Labute approximate surface area is 194 Å². The number of likely N-dealkylation sites (N-methyl/N-ethyl adjacent to an activating group) is 2. The number of carboxylic acid groups (broad SMARTS) is 2. The standard InChI is InChI=1S/C6H12N2O4.C6H9NO4.BI2.HI/c1-8-3(5(7)10)2-4(9)6(11)12;1-7-3-2-4(5(8)9)11-6(3)10;1-3-2;/h3-4,8-9H,2H2,1H3,(H2,7,10)(H,11,12);3-4,7H,2H2,1H3,(H,8,9);;1H/q;;-1;. The number of nitrogens with one attached hydrogen (secondary N) is 2. The van der Waals surface area contributed by atoms with Crippen LogP contribution in [0.25, 0.3) is 0 Å². The molecule has 11 nitrogen and oxygen atoms in total. The van der Waals surface area contributed by atoms with Crippen LogP contribution in [0, 0.1) is 0 Å². The number of halogens is 3. The Hall–Kier alpha value is 0.0149. The van der Waals surface area contributed by atoms with Crippen LogP contribution in [-0.4, -0.2) is 83.2 Å². The molecule has 1 fully saturated rings. The minimum absolute atomic E-state index is 0. The van der Waals surface area contributed by atoms with Gasteiger partial charge >= 0.3 is 59.2 Å². The van der Waals surface area contributed by atoms with Crippen molar-refractivity contribution in [2.24, 2.45) is 5.73 Å². The Balaban J connectivity index is -0.000000361. The second kappa shape index (κ2) is 18.1. The first-order valence-corrected chi connectivity index (χ1v) is 14.5. The third-order valence-corrected chi connectivity index (χ3v) is 3.05. The number of carbonyl (C=O) groups is 4. The molecule has 1 rings (SSSR count). The van der Waals surface area contributed by atoms with Gasteiger partial charge in [0.05, 0.1) is 6.04 Å². The number of cyclic esters (lactones) is 1. The molecule has 0 aromatic heterocycles. The molecule has 158 valence electrons. The molecule has 1 aliphatic rings. The summed E-state index contributed by atoms with van der Waals surface area (Å²) < 4.78 is 4.53. The van der Waals surface area contributed by atoms with Crippen LogP contribution in [0.2, 0.25) is 0 Å². The summed E-state index contributed by atoms with van der Waals surface area (Å²) in [6.07, 6.45) is -2.54. The molecule has 0 aromatic carbocycles. The molecule has 2 radical (unpaired) electrons. The van der Waals surface area contributed by atoms with Gasteiger partial charge in [-0.05, 0) is 14.1 Å². The average Bonchev–Trinajstić information content (AvgIpc) is 2.94. The number of aliphatic hydroxyl groups is 1. The summed E-state index contributed by atoms with van der Waals surface area (Å²) in [7, 11) is 3.06. The SMILES string of the molecule is CNC(CC(O)C(=O)O)C(N)=O.CNC1CC(C(=O)O)OC1=O.I.[B][I-]I. The number of amides is 1. The number of carboxylic acids is 2. The van der Waals surface area contributed by atoms with Crippen LogP contribution in [0.3, 0.4) is 0 Å². The minimum atomic E-state index is -1.56. The van der Waals surface area contributed by atoms with Gasteiger partial charge in [-0.15, -0.1) is 24.0 Å². The zero-order chi connectivity index (χ0) is 20.9. The summed E-state index contributed by atoms with van der Waals surface area (Å²) in [5, 5.41) is 30.7. The van der Waals surface area contributed by atoms with Crippen LogP contribution in [0.5, 0.6) is 0 Å². The Bertz CT molecular complexity index is 489.